The molecule has 0 aromatic carbocycles. The highest BCUT2D eigenvalue weighted by atomic mass is 35.5. The van der Waals surface area contributed by atoms with E-state index < -0.39 is 28.6 Å². The van der Waals surface area contributed by atoms with Crippen LogP contribution in [0.4, 0.5) is 13.2 Å². The molecule has 76 valence electrons. The van der Waals surface area contributed by atoms with Crippen LogP contribution >= 0.6 is 11.6 Å². The molecule has 0 amide bonds. The fourth-order valence-corrected chi connectivity index (χ4v) is 0.964. The summed E-state index contributed by atoms with van der Waals surface area (Å²) in [7, 11) is 0. The Labute approximate surface area is 81.1 Å². The van der Waals surface area contributed by atoms with Gasteiger partial charge in [-0.3, -0.25) is 0 Å². The number of carbonyl (C=O) groups is 1. The summed E-state index contributed by atoms with van der Waals surface area (Å²) in [5, 5.41) is 9.86. The van der Waals surface area contributed by atoms with Gasteiger partial charge in [-0.05, 0) is 12.1 Å². The summed E-state index contributed by atoms with van der Waals surface area (Å²) in [6.45, 7) is 0. The molecule has 0 aliphatic carbocycles. The SMILES string of the molecule is O=C([O-])c1ccc(Cl)nc1C(F)(F)F. The first-order valence-electron chi connectivity index (χ1n) is 3.27. The number of carboxylic acids is 1. The van der Waals surface area contributed by atoms with Crippen molar-refractivity contribution >= 4 is 17.6 Å². The maximum Gasteiger partial charge on any atom is 0.434 e. The number of aromatic carboxylic acids is 1. The Bertz CT molecular complexity index is 378. The van der Waals surface area contributed by atoms with Crippen molar-refractivity contribution in [1.29, 1.82) is 0 Å². The van der Waals surface area contributed by atoms with Crippen molar-refractivity contribution < 1.29 is 23.1 Å². The Morgan fingerprint density at radius 1 is 1.43 bits per heavy atom. The maximum absolute atomic E-state index is 12.2. The molecule has 0 bridgehead atoms. The fourth-order valence-electron chi connectivity index (χ4n) is 0.816. The van der Waals surface area contributed by atoms with E-state index in [0.717, 1.165) is 6.07 Å². The highest BCUT2D eigenvalue weighted by Crippen LogP contribution is 2.30. The van der Waals surface area contributed by atoms with Crippen molar-refractivity contribution in [3.8, 4) is 0 Å². The number of alkyl halides is 3. The molecule has 1 aromatic heterocycles. The van der Waals surface area contributed by atoms with Gasteiger partial charge >= 0.3 is 6.18 Å². The third-order valence-electron chi connectivity index (χ3n) is 1.35. The Hall–Kier alpha value is -1.30. The number of halogens is 4. The van der Waals surface area contributed by atoms with Crippen LogP contribution in [0.2, 0.25) is 5.15 Å². The average molecular weight is 225 g/mol. The molecule has 1 aromatic rings. The van der Waals surface area contributed by atoms with Crippen LogP contribution in [-0.4, -0.2) is 11.0 Å². The van der Waals surface area contributed by atoms with E-state index in [2.05, 4.69) is 4.98 Å². The third-order valence-corrected chi connectivity index (χ3v) is 1.56. The average Bonchev–Trinajstić information content (AvgIpc) is 2.01. The van der Waals surface area contributed by atoms with Gasteiger partial charge in [0, 0.05) is 5.56 Å². The van der Waals surface area contributed by atoms with Gasteiger partial charge in [-0.15, -0.1) is 0 Å². The number of carbonyl (C=O) groups excluding carboxylic acids is 1. The van der Waals surface area contributed by atoms with Gasteiger partial charge < -0.3 is 9.90 Å². The molecule has 0 spiro atoms. The second-order valence-corrected chi connectivity index (χ2v) is 2.70. The Morgan fingerprint density at radius 2 is 2.00 bits per heavy atom. The van der Waals surface area contributed by atoms with Crippen LogP contribution in [0, 0.1) is 0 Å². The molecule has 1 rings (SSSR count). The van der Waals surface area contributed by atoms with E-state index in [1.54, 1.807) is 0 Å². The number of aromatic nitrogens is 1. The zero-order valence-electron chi connectivity index (χ0n) is 6.43. The summed E-state index contributed by atoms with van der Waals surface area (Å²) in [5.74, 6) is -1.94. The van der Waals surface area contributed by atoms with Gasteiger partial charge in [-0.1, -0.05) is 11.6 Å². The van der Waals surface area contributed by atoms with E-state index >= 15 is 0 Å². The second kappa shape index (κ2) is 3.45. The molecule has 3 nitrogen and oxygen atoms in total. The fraction of sp³-hybridized carbons (Fsp3) is 0.143. The van der Waals surface area contributed by atoms with Crippen molar-refractivity contribution in [2.75, 3.05) is 0 Å². The molecule has 0 saturated carbocycles. The predicted molar refractivity (Wildman–Crippen MR) is 38.6 cm³/mol. The molecule has 0 fully saturated rings. The largest absolute Gasteiger partial charge is 0.545 e. The van der Waals surface area contributed by atoms with Gasteiger partial charge in [-0.25, -0.2) is 4.98 Å². The summed E-state index contributed by atoms with van der Waals surface area (Å²) in [6, 6.07) is 1.65. The van der Waals surface area contributed by atoms with Crippen LogP contribution in [0.1, 0.15) is 16.1 Å². The number of rotatable bonds is 1. The van der Waals surface area contributed by atoms with E-state index in [0.29, 0.717) is 6.07 Å². The summed E-state index contributed by atoms with van der Waals surface area (Å²) in [6.07, 6.45) is -4.86. The molecule has 7 heteroatoms. The first kappa shape index (κ1) is 10.8. The Kier molecular flexibility index (Phi) is 2.66. The van der Waals surface area contributed by atoms with Gasteiger partial charge in [0.15, 0.2) is 5.69 Å². The predicted octanol–water partition coefficient (Wildman–Crippen LogP) is 1.12. The molecule has 0 aliphatic heterocycles. The molecular formula is C7H2ClF3NO2-. The van der Waals surface area contributed by atoms with E-state index in [1.807, 2.05) is 0 Å². The van der Waals surface area contributed by atoms with Crippen LogP contribution < -0.4 is 5.11 Å². The lowest BCUT2D eigenvalue weighted by atomic mass is 10.2. The maximum atomic E-state index is 12.2. The molecule has 0 radical (unpaired) electrons. The lowest BCUT2D eigenvalue weighted by Gasteiger charge is -2.11. The first-order chi connectivity index (χ1) is 6.32. The van der Waals surface area contributed by atoms with E-state index in [4.69, 9.17) is 11.6 Å². The normalized spacial score (nSPS) is 11.4. The van der Waals surface area contributed by atoms with Gasteiger partial charge in [-0.2, -0.15) is 13.2 Å². The van der Waals surface area contributed by atoms with Crippen LogP contribution in [-0.2, 0) is 6.18 Å². The number of carboxylic acid groups (broad SMARTS) is 1. The topological polar surface area (TPSA) is 53.0 Å². The van der Waals surface area contributed by atoms with Gasteiger partial charge in [0.1, 0.15) is 5.15 Å². The molecule has 0 atom stereocenters. The molecule has 0 unspecified atom stereocenters. The molecule has 0 aliphatic rings. The highest BCUT2D eigenvalue weighted by Gasteiger charge is 2.35. The van der Waals surface area contributed by atoms with Gasteiger partial charge in [0.25, 0.3) is 0 Å². The summed E-state index contributed by atoms with van der Waals surface area (Å²) >= 11 is 5.20. The highest BCUT2D eigenvalue weighted by molar-refractivity contribution is 6.29. The lowest BCUT2D eigenvalue weighted by molar-refractivity contribution is -0.255. The van der Waals surface area contributed by atoms with Crippen LogP contribution in [0.5, 0.6) is 0 Å². The molecule has 0 N–H and O–H groups in total. The van der Waals surface area contributed by atoms with Crippen LogP contribution in [0.25, 0.3) is 0 Å². The zero-order chi connectivity index (χ0) is 10.9. The number of pyridine rings is 1. The van der Waals surface area contributed by atoms with Gasteiger partial charge in [0.05, 0.1) is 5.97 Å². The molecule has 14 heavy (non-hydrogen) atoms. The summed E-state index contributed by atoms with van der Waals surface area (Å²) in [5.41, 5.74) is -2.58. The monoisotopic (exact) mass is 224 g/mol. The third kappa shape index (κ3) is 2.14. The first-order valence-corrected chi connectivity index (χ1v) is 3.65. The Balaban J connectivity index is 3.38. The summed E-state index contributed by atoms with van der Waals surface area (Å²) < 4.78 is 36.5. The van der Waals surface area contributed by atoms with Crippen LogP contribution in [0.15, 0.2) is 12.1 Å². The Morgan fingerprint density at radius 3 is 2.43 bits per heavy atom. The van der Waals surface area contributed by atoms with Crippen LogP contribution in [0.3, 0.4) is 0 Å². The summed E-state index contributed by atoms with van der Waals surface area (Å²) in [4.78, 5) is 13.2. The smallest absolute Gasteiger partial charge is 0.434 e. The van der Waals surface area contributed by atoms with Crippen molar-refractivity contribution in [2.24, 2.45) is 0 Å². The minimum absolute atomic E-state index is 0.428. The quantitative estimate of drug-likeness (QED) is 0.672. The standard InChI is InChI=1S/C7H3ClF3NO2/c8-4-2-1-3(6(13)14)5(12-4)7(9,10)11/h1-2H,(H,13,14)/p-1. The minimum atomic E-state index is -4.86. The van der Waals surface area contributed by atoms with Crippen molar-refractivity contribution in [3.05, 3.63) is 28.5 Å². The zero-order valence-corrected chi connectivity index (χ0v) is 7.19. The van der Waals surface area contributed by atoms with Crippen molar-refractivity contribution in [2.45, 2.75) is 6.18 Å². The minimum Gasteiger partial charge on any atom is -0.545 e. The van der Waals surface area contributed by atoms with Gasteiger partial charge in [0.2, 0.25) is 0 Å². The molecule has 1 heterocycles. The van der Waals surface area contributed by atoms with Crippen molar-refractivity contribution in [1.82, 2.24) is 4.98 Å². The lowest BCUT2D eigenvalue weighted by Crippen LogP contribution is -2.27. The van der Waals surface area contributed by atoms with E-state index in [1.165, 1.54) is 0 Å². The number of hydrogen-bond donors (Lipinski definition) is 0. The van der Waals surface area contributed by atoms with Crippen molar-refractivity contribution in [3.63, 3.8) is 0 Å². The second-order valence-electron chi connectivity index (χ2n) is 2.32. The molecule has 0 saturated heterocycles. The van der Waals surface area contributed by atoms with E-state index in [-0.39, 0.29) is 0 Å². The number of hydrogen-bond acceptors (Lipinski definition) is 3. The number of nitrogens with zero attached hydrogens (tertiary/aromatic N) is 1. The molecular weight excluding hydrogens is 223 g/mol. The van der Waals surface area contributed by atoms with E-state index in [9.17, 15) is 23.1 Å².